The van der Waals surface area contributed by atoms with Crippen molar-refractivity contribution in [2.75, 3.05) is 11.1 Å². The average molecular weight is 259 g/mol. The van der Waals surface area contributed by atoms with Crippen molar-refractivity contribution in [1.29, 1.82) is 0 Å². The zero-order valence-corrected chi connectivity index (χ0v) is 11.0. The van der Waals surface area contributed by atoms with E-state index >= 15 is 0 Å². The van der Waals surface area contributed by atoms with Crippen LogP contribution in [0.5, 0.6) is 0 Å². The van der Waals surface area contributed by atoms with Crippen LogP contribution in [0.3, 0.4) is 0 Å². The van der Waals surface area contributed by atoms with Gasteiger partial charge in [-0.15, -0.1) is 0 Å². The molecule has 92 valence electrons. The van der Waals surface area contributed by atoms with Crippen molar-refractivity contribution in [2.24, 2.45) is 7.05 Å². The van der Waals surface area contributed by atoms with Gasteiger partial charge in [-0.1, -0.05) is 11.3 Å². The molecule has 0 fully saturated rings. The molecule has 0 saturated heterocycles. The highest BCUT2D eigenvalue weighted by Gasteiger charge is 2.06. The molecule has 0 saturated carbocycles. The molecule has 2 heterocycles. The normalized spacial score (nSPS) is 11.0. The van der Waals surface area contributed by atoms with Gasteiger partial charge in [0, 0.05) is 24.5 Å². The van der Waals surface area contributed by atoms with Crippen LogP contribution in [-0.2, 0) is 7.05 Å². The number of anilines is 3. The number of hydrogen-bond donors (Lipinski definition) is 2. The molecule has 0 unspecified atom stereocenters. The van der Waals surface area contributed by atoms with E-state index in [0.29, 0.717) is 0 Å². The molecule has 3 aromatic rings. The summed E-state index contributed by atoms with van der Waals surface area (Å²) < 4.78 is 2.90. The van der Waals surface area contributed by atoms with Gasteiger partial charge in [-0.2, -0.15) is 5.10 Å². The van der Waals surface area contributed by atoms with E-state index in [9.17, 15) is 0 Å². The third-order valence-corrected chi connectivity index (χ3v) is 3.69. The van der Waals surface area contributed by atoms with Crippen molar-refractivity contribution in [3.63, 3.8) is 0 Å². The number of nitrogens with one attached hydrogen (secondary N) is 1. The summed E-state index contributed by atoms with van der Waals surface area (Å²) in [5.74, 6) is 0.807. The summed E-state index contributed by atoms with van der Waals surface area (Å²) in [4.78, 5) is 4.49. The van der Waals surface area contributed by atoms with Gasteiger partial charge < -0.3 is 11.1 Å². The van der Waals surface area contributed by atoms with E-state index in [4.69, 9.17) is 5.73 Å². The van der Waals surface area contributed by atoms with Gasteiger partial charge in [-0.3, -0.25) is 4.68 Å². The summed E-state index contributed by atoms with van der Waals surface area (Å²) in [6.07, 6.45) is 0. The predicted molar refractivity (Wildman–Crippen MR) is 75.3 cm³/mol. The zero-order chi connectivity index (χ0) is 12.7. The first-order valence-electron chi connectivity index (χ1n) is 5.55. The predicted octanol–water partition coefficient (Wildman–Crippen LogP) is 2.66. The molecular weight excluding hydrogens is 246 g/mol. The summed E-state index contributed by atoms with van der Waals surface area (Å²) >= 11 is 1.57. The second kappa shape index (κ2) is 3.99. The number of hydrogen-bond acceptors (Lipinski definition) is 5. The van der Waals surface area contributed by atoms with Crippen molar-refractivity contribution >= 4 is 38.2 Å². The van der Waals surface area contributed by atoms with E-state index in [2.05, 4.69) is 15.4 Å². The first-order valence-corrected chi connectivity index (χ1v) is 6.37. The van der Waals surface area contributed by atoms with Crippen molar-refractivity contribution in [3.8, 4) is 0 Å². The number of nitrogens with two attached hydrogens (primary N) is 1. The highest BCUT2D eigenvalue weighted by molar-refractivity contribution is 7.22. The molecular formula is C12H13N5S. The first-order chi connectivity index (χ1) is 8.61. The van der Waals surface area contributed by atoms with Crippen LogP contribution in [0.1, 0.15) is 5.69 Å². The van der Waals surface area contributed by atoms with Crippen LogP contribution in [0.2, 0.25) is 0 Å². The van der Waals surface area contributed by atoms with Gasteiger partial charge in [0.15, 0.2) is 10.9 Å². The first kappa shape index (κ1) is 11.0. The Bertz CT molecular complexity index is 693. The Labute approximate surface area is 108 Å². The lowest BCUT2D eigenvalue weighted by molar-refractivity contribution is 0.743. The molecule has 0 spiro atoms. The number of rotatable bonds is 2. The van der Waals surface area contributed by atoms with Crippen molar-refractivity contribution in [2.45, 2.75) is 6.92 Å². The maximum atomic E-state index is 5.75. The highest BCUT2D eigenvalue weighted by Crippen LogP contribution is 2.29. The Hall–Kier alpha value is -2.08. The van der Waals surface area contributed by atoms with Gasteiger partial charge in [0.05, 0.1) is 10.2 Å². The topological polar surface area (TPSA) is 68.8 Å². The van der Waals surface area contributed by atoms with Crippen LogP contribution in [0.25, 0.3) is 10.2 Å². The van der Waals surface area contributed by atoms with Crippen molar-refractivity contribution in [1.82, 2.24) is 14.8 Å². The molecule has 3 rings (SSSR count). The molecule has 0 radical (unpaired) electrons. The van der Waals surface area contributed by atoms with E-state index in [-0.39, 0.29) is 0 Å². The standard InChI is InChI=1S/C12H13N5S/c1-7-5-11(16-17(7)2)15-12-14-9-4-3-8(13)6-10(9)18-12/h3-6H,13H2,1-2H3,(H,14,15,16). The largest absolute Gasteiger partial charge is 0.399 e. The van der Waals surface area contributed by atoms with Crippen LogP contribution >= 0.6 is 11.3 Å². The Balaban J connectivity index is 1.95. The van der Waals surface area contributed by atoms with Crippen LogP contribution in [0, 0.1) is 6.92 Å². The van der Waals surface area contributed by atoms with E-state index in [1.807, 2.05) is 42.9 Å². The fourth-order valence-electron chi connectivity index (χ4n) is 1.73. The minimum atomic E-state index is 0.756. The molecule has 18 heavy (non-hydrogen) atoms. The van der Waals surface area contributed by atoms with Crippen LogP contribution in [0.15, 0.2) is 24.3 Å². The molecule has 0 amide bonds. The third kappa shape index (κ3) is 1.91. The SMILES string of the molecule is Cc1cc(Nc2nc3ccc(N)cc3s2)nn1C. The van der Waals surface area contributed by atoms with E-state index in [1.54, 1.807) is 11.3 Å². The summed E-state index contributed by atoms with van der Waals surface area (Å²) in [7, 11) is 1.92. The molecule has 2 aromatic heterocycles. The Morgan fingerprint density at radius 3 is 2.89 bits per heavy atom. The van der Waals surface area contributed by atoms with E-state index in [0.717, 1.165) is 32.5 Å². The second-order valence-corrected chi connectivity index (χ2v) is 5.20. The quantitative estimate of drug-likeness (QED) is 0.694. The number of fused-ring (bicyclic) bond motifs is 1. The second-order valence-electron chi connectivity index (χ2n) is 4.17. The van der Waals surface area contributed by atoms with E-state index in [1.165, 1.54) is 0 Å². The molecule has 6 heteroatoms. The fourth-order valence-corrected chi connectivity index (χ4v) is 2.65. The molecule has 1 aromatic carbocycles. The van der Waals surface area contributed by atoms with Gasteiger partial charge in [0.1, 0.15) is 0 Å². The third-order valence-electron chi connectivity index (χ3n) is 2.76. The maximum absolute atomic E-state index is 5.75. The molecule has 3 N–H and O–H groups in total. The molecule has 5 nitrogen and oxygen atoms in total. The maximum Gasteiger partial charge on any atom is 0.189 e. The Morgan fingerprint density at radius 1 is 1.33 bits per heavy atom. The van der Waals surface area contributed by atoms with Crippen molar-refractivity contribution < 1.29 is 0 Å². The van der Waals surface area contributed by atoms with Gasteiger partial charge in [0.2, 0.25) is 0 Å². The number of nitrogens with zero attached hydrogens (tertiary/aromatic N) is 3. The molecule has 0 aliphatic rings. The van der Waals surface area contributed by atoms with E-state index < -0.39 is 0 Å². The minimum absolute atomic E-state index is 0.756. The van der Waals surface area contributed by atoms with Crippen LogP contribution in [0.4, 0.5) is 16.6 Å². The lowest BCUT2D eigenvalue weighted by atomic mass is 10.3. The van der Waals surface area contributed by atoms with Crippen LogP contribution < -0.4 is 11.1 Å². The van der Waals surface area contributed by atoms with Gasteiger partial charge in [0.25, 0.3) is 0 Å². The number of thiazole rings is 1. The number of nitrogen functional groups attached to an aromatic ring is 1. The summed E-state index contributed by atoms with van der Waals surface area (Å²) in [6.45, 7) is 2.01. The number of aromatic nitrogens is 3. The fraction of sp³-hybridized carbons (Fsp3) is 0.167. The monoisotopic (exact) mass is 259 g/mol. The molecule has 0 aliphatic heterocycles. The average Bonchev–Trinajstić information content (AvgIpc) is 2.82. The Kier molecular flexibility index (Phi) is 2.45. The summed E-state index contributed by atoms with van der Waals surface area (Å²) in [5, 5.41) is 8.38. The molecule has 0 aliphatic carbocycles. The zero-order valence-electron chi connectivity index (χ0n) is 10.1. The lowest BCUT2D eigenvalue weighted by Crippen LogP contribution is -1.94. The van der Waals surface area contributed by atoms with Crippen molar-refractivity contribution in [3.05, 3.63) is 30.0 Å². The highest BCUT2D eigenvalue weighted by atomic mass is 32.1. The molecule has 0 atom stereocenters. The Morgan fingerprint density at radius 2 is 2.17 bits per heavy atom. The smallest absolute Gasteiger partial charge is 0.189 e. The van der Waals surface area contributed by atoms with Gasteiger partial charge in [-0.05, 0) is 25.1 Å². The molecule has 0 bridgehead atoms. The van der Waals surface area contributed by atoms with Gasteiger partial charge in [-0.25, -0.2) is 4.98 Å². The minimum Gasteiger partial charge on any atom is -0.399 e. The number of benzene rings is 1. The van der Waals surface area contributed by atoms with Crippen LogP contribution in [-0.4, -0.2) is 14.8 Å². The summed E-state index contributed by atoms with van der Waals surface area (Å²) in [6, 6.07) is 7.70. The van der Waals surface area contributed by atoms with Gasteiger partial charge >= 0.3 is 0 Å². The lowest BCUT2D eigenvalue weighted by Gasteiger charge is -1.94. The number of aryl methyl sites for hydroxylation is 2. The summed E-state index contributed by atoms with van der Waals surface area (Å²) in [5.41, 5.74) is 8.56.